The van der Waals surface area contributed by atoms with Gasteiger partial charge in [-0.05, 0) is 0 Å². The molecule has 0 rings (SSSR count). The van der Waals surface area contributed by atoms with Crippen molar-refractivity contribution in [2.75, 3.05) is 12.7 Å². The van der Waals surface area contributed by atoms with Crippen molar-refractivity contribution in [2.24, 2.45) is 0 Å². The van der Waals surface area contributed by atoms with Crippen LogP contribution in [0, 0.1) is 12.3 Å². The van der Waals surface area contributed by atoms with Gasteiger partial charge in [0.05, 0.1) is 6.61 Å². The molecular weight excluding hydrogens is 136 g/mol. The monoisotopic (exact) mass is 144 g/mol. The molecule has 0 saturated heterocycles. The number of alkyl halides is 1. The highest BCUT2D eigenvalue weighted by molar-refractivity contribution is 6.17. The molecule has 0 heterocycles. The van der Waals surface area contributed by atoms with Crippen LogP contribution in [0.4, 0.5) is 0 Å². The molecule has 0 aliphatic rings. The maximum Gasteiger partial charge on any atom is 0.121 e. The van der Waals surface area contributed by atoms with Crippen LogP contribution in [0.15, 0.2) is 12.2 Å². The van der Waals surface area contributed by atoms with Crippen LogP contribution in [-0.2, 0) is 4.74 Å². The summed E-state index contributed by atoms with van der Waals surface area (Å²) in [5.74, 6) is 2.47. The van der Waals surface area contributed by atoms with E-state index in [2.05, 4.69) is 5.92 Å². The maximum absolute atomic E-state index is 5.22. The van der Waals surface area contributed by atoms with E-state index in [4.69, 9.17) is 22.8 Å². The molecule has 0 aromatic rings. The lowest BCUT2D eigenvalue weighted by Crippen LogP contribution is -1.85. The van der Waals surface area contributed by atoms with Gasteiger partial charge in [-0.25, -0.2) is 0 Å². The molecule has 0 saturated carbocycles. The summed E-state index contributed by atoms with van der Waals surface area (Å²) in [4.78, 5) is 0. The van der Waals surface area contributed by atoms with Gasteiger partial charge < -0.3 is 4.74 Å². The van der Waals surface area contributed by atoms with Crippen molar-refractivity contribution in [3.05, 3.63) is 12.2 Å². The van der Waals surface area contributed by atoms with E-state index in [-0.39, 0.29) is 6.07 Å². The number of terminal acetylenes is 1. The third-order valence-electron chi connectivity index (χ3n) is 0.694. The van der Waals surface area contributed by atoms with E-state index < -0.39 is 0 Å². The molecule has 0 unspecified atom stereocenters. The van der Waals surface area contributed by atoms with Crippen molar-refractivity contribution >= 4 is 11.6 Å². The van der Waals surface area contributed by atoms with Crippen LogP contribution in [0.2, 0.25) is 0 Å². The fourth-order valence-electron chi connectivity index (χ4n) is 0.332. The van der Waals surface area contributed by atoms with E-state index in [1.165, 1.54) is 0 Å². The van der Waals surface area contributed by atoms with Gasteiger partial charge in [0.2, 0.25) is 0 Å². The number of halogens is 1. The Kier molecular flexibility index (Phi) is 7.17. The summed E-state index contributed by atoms with van der Waals surface area (Å²) in [7, 11) is 0. The Labute approximate surface area is 60.7 Å². The van der Waals surface area contributed by atoms with Crippen LogP contribution in [0.5, 0.6) is 0 Å². The highest BCUT2D eigenvalue weighted by atomic mass is 35.5. The first-order valence-electron chi connectivity index (χ1n) is 2.64. The molecule has 0 aromatic heterocycles. The molecule has 0 aliphatic carbocycles. The highest BCUT2D eigenvalue weighted by Crippen LogP contribution is 1.82. The smallest absolute Gasteiger partial charge is 0.121 e. The molecule has 0 bridgehead atoms. The molecule has 2 heteroatoms. The third-order valence-corrected chi connectivity index (χ3v) is 0.848. The van der Waals surface area contributed by atoms with Gasteiger partial charge in [-0.15, -0.1) is 12.3 Å². The zero-order valence-corrected chi connectivity index (χ0v) is 5.90. The maximum atomic E-state index is 5.22. The molecule has 0 amide bonds. The molecule has 0 aromatic carbocycles. The van der Waals surface area contributed by atoms with Crippen LogP contribution in [0.3, 0.4) is 0 Å². The van der Waals surface area contributed by atoms with Gasteiger partial charge >= 0.3 is 0 Å². The quantitative estimate of drug-likeness (QED) is 0.253. The van der Waals surface area contributed by atoms with Gasteiger partial charge in [0.1, 0.15) is 6.07 Å². The van der Waals surface area contributed by atoms with E-state index in [9.17, 15) is 0 Å². The molecule has 0 spiro atoms. The van der Waals surface area contributed by atoms with Crippen molar-refractivity contribution in [1.82, 2.24) is 0 Å². The minimum absolute atomic E-state index is 0.237. The molecular formula is C7H9ClO. The molecule has 50 valence electrons. The van der Waals surface area contributed by atoms with Crippen LogP contribution >= 0.6 is 11.6 Å². The van der Waals surface area contributed by atoms with Crippen molar-refractivity contribution in [2.45, 2.75) is 6.42 Å². The van der Waals surface area contributed by atoms with Gasteiger partial charge in [-0.3, -0.25) is 0 Å². The fraction of sp³-hybridized carbons (Fsp3) is 0.429. The molecule has 1 nitrogen and oxygen atoms in total. The summed E-state index contributed by atoms with van der Waals surface area (Å²) in [6, 6.07) is 0.237. The minimum Gasteiger partial charge on any atom is -0.362 e. The van der Waals surface area contributed by atoms with Crippen LogP contribution in [-0.4, -0.2) is 12.7 Å². The van der Waals surface area contributed by atoms with Crippen molar-refractivity contribution < 1.29 is 4.74 Å². The van der Waals surface area contributed by atoms with E-state index in [1.807, 2.05) is 12.2 Å². The summed E-state index contributed by atoms with van der Waals surface area (Å²) in [5, 5.41) is 0. The topological polar surface area (TPSA) is 9.23 Å². The van der Waals surface area contributed by atoms with Gasteiger partial charge in [0, 0.05) is 6.42 Å². The van der Waals surface area contributed by atoms with Crippen LogP contribution < -0.4 is 0 Å². The van der Waals surface area contributed by atoms with E-state index in [0.29, 0.717) is 13.0 Å². The predicted octanol–water partition coefficient (Wildman–Crippen LogP) is 1.78. The van der Waals surface area contributed by atoms with Crippen molar-refractivity contribution in [3.8, 4) is 12.3 Å². The number of allylic oxidation sites excluding steroid dienone is 1. The summed E-state index contributed by atoms with van der Waals surface area (Å²) < 4.78 is 4.79. The molecule has 0 N–H and O–H groups in total. The zero-order valence-electron chi connectivity index (χ0n) is 5.14. The Balaban J connectivity index is 2.97. The zero-order chi connectivity index (χ0) is 6.95. The number of rotatable bonds is 4. The second-order valence-electron chi connectivity index (χ2n) is 1.36. The first-order valence-corrected chi connectivity index (χ1v) is 3.17. The number of hydrogen-bond acceptors (Lipinski definition) is 1. The van der Waals surface area contributed by atoms with E-state index in [1.54, 1.807) is 0 Å². The molecule has 0 radical (unpaired) electrons. The summed E-state index contributed by atoms with van der Waals surface area (Å²) in [6.07, 6.45) is 9.35. The Morgan fingerprint density at radius 1 is 1.56 bits per heavy atom. The largest absolute Gasteiger partial charge is 0.362 e. The van der Waals surface area contributed by atoms with Crippen LogP contribution in [0.1, 0.15) is 6.42 Å². The summed E-state index contributed by atoms with van der Waals surface area (Å²) in [5.41, 5.74) is 0. The average molecular weight is 145 g/mol. The Morgan fingerprint density at radius 2 is 2.33 bits per heavy atom. The first-order chi connectivity index (χ1) is 4.41. The second kappa shape index (κ2) is 7.55. The predicted molar refractivity (Wildman–Crippen MR) is 39.3 cm³/mol. The summed E-state index contributed by atoms with van der Waals surface area (Å²) >= 11 is 5.22. The Morgan fingerprint density at radius 3 is 2.89 bits per heavy atom. The minimum atomic E-state index is 0.237. The second-order valence-corrected chi connectivity index (χ2v) is 1.58. The molecule has 0 aliphatic heterocycles. The normalized spacial score (nSPS) is 9.78. The Hall–Kier alpha value is -0.450. The summed E-state index contributed by atoms with van der Waals surface area (Å²) in [6.45, 7) is 0.547. The number of ether oxygens (including phenoxy) is 1. The lowest BCUT2D eigenvalue weighted by atomic mass is 10.4. The highest BCUT2D eigenvalue weighted by Gasteiger charge is 1.74. The fourth-order valence-corrected chi connectivity index (χ4v) is 0.421. The lowest BCUT2D eigenvalue weighted by molar-refractivity contribution is 0.212. The first kappa shape index (κ1) is 8.55. The van der Waals surface area contributed by atoms with E-state index in [0.717, 1.165) is 0 Å². The van der Waals surface area contributed by atoms with Gasteiger partial charge in [0.25, 0.3) is 0 Å². The van der Waals surface area contributed by atoms with Gasteiger partial charge in [-0.2, -0.15) is 0 Å². The Bertz CT molecular complexity index is 113. The van der Waals surface area contributed by atoms with Gasteiger partial charge in [-0.1, -0.05) is 23.8 Å². The molecule has 9 heavy (non-hydrogen) atoms. The van der Waals surface area contributed by atoms with Gasteiger partial charge in [0.15, 0.2) is 0 Å². The number of hydrogen-bond donors (Lipinski definition) is 0. The van der Waals surface area contributed by atoms with Crippen molar-refractivity contribution in [1.29, 1.82) is 0 Å². The molecule has 0 atom stereocenters. The van der Waals surface area contributed by atoms with Crippen molar-refractivity contribution in [3.63, 3.8) is 0 Å². The average Bonchev–Trinajstić information content (AvgIpc) is 1.89. The lowest BCUT2D eigenvalue weighted by Gasteiger charge is -1.88. The van der Waals surface area contributed by atoms with Crippen LogP contribution in [0.25, 0.3) is 0 Å². The standard InChI is InChI=1S/C7H9ClO/c1-2-3-4-5-6-9-7-8/h1,4-5H,3,6-7H2. The molecule has 0 fully saturated rings. The SMILES string of the molecule is C#CCC=CCOCCl. The van der Waals surface area contributed by atoms with E-state index >= 15 is 0 Å². The third kappa shape index (κ3) is 7.55.